The molecule has 1 atom stereocenters. The van der Waals surface area contributed by atoms with Crippen molar-refractivity contribution in [3.63, 3.8) is 0 Å². The van der Waals surface area contributed by atoms with Gasteiger partial charge in [0.15, 0.2) is 0 Å². The van der Waals surface area contributed by atoms with Crippen LogP contribution in [0.15, 0.2) is 12.3 Å². The van der Waals surface area contributed by atoms with Crippen LogP contribution in [-0.2, 0) is 12.8 Å². The minimum atomic E-state index is 0.500. The van der Waals surface area contributed by atoms with Crippen molar-refractivity contribution in [3.8, 4) is 0 Å². The molecule has 0 aliphatic heterocycles. The lowest BCUT2D eigenvalue weighted by Gasteiger charge is -2.07. The van der Waals surface area contributed by atoms with E-state index in [0.717, 1.165) is 24.4 Å². The van der Waals surface area contributed by atoms with E-state index in [-0.39, 0.29) is 0 Å². The van der Waals surface area contributed by atoms with E-state index in [9.17, 15) is 0 Å². The van der Waals surface area contributed by atoms with Gasteiger partial charge in [0.25, 0.3) is 0 Å². The minimum Gasteiger partial charge on any atom is -0.330 e. The molecule has 0 fully saturated rings. The van der Waals surface area contributed by atoms with Gasteiger partial charge < -0.3 is 5.73 Å². The molecule has 13 heavy (non-hydrogen) atoms. The molecule has 0 amide bonds. The van der Waals surface area contributed by atoms with Crippen LogP contribution in [-0.4, -0.2) is 16.5 Å². The molecule has 1 rings (SSSR count). The fourth-order valence-corrected chi connectivity index (χ4v) is 1.17. The van der Waals surface area contributed by atoms with Gasteiger partial charge in [0.1, 0.15) is 5.82 Å². The van der Waals surface area contributed by atoms with Crippen molar-refractivity contribution < 1.29 is 0 Å². The smallest absolute Gasteiger partial charge is 0.128 e. The van der Waals surface area contributed by atoms with Crippen LogP contribution in [0.3, 0.4) is 0 Å². The van der Waals surface area contributed by atoms with Crippen LogP contribution in [0.25, 0.3) is 0 Å². The first-order chi connectivity index (χ1) is 6.26. The molecule has 1 aromatic heterocycles. The van der Waals surface area contributed by atoms with Gasteiger partial charge >= 0.3 is 0 Å². The maximum atomic E-state index is 5.55. The Morgan fingerprint density at radius 2 is 2.31 bits per heavy atom. The lowest BCUT2D eigenvalue weighted by Crippen LogP contribution is -2.14. The van der Waals surface area contributed by atoms with E-state index in [1.807, 2.05) is 12.3 Å². The van der Waals surface area contributed by atoms with Gasteiger partial charge in [-0.2, -0.15) is 0 Å². The summed E-state index contributed by atoms with van der Waals surface area (Å²) in [6.07, 6.45) is 3.67. The van der Waals surface area contributed by atoms with E-state index in [4.69, 9.17) is 5.73 Å². The number of aromatic nitrogens is 2. The van der Waals surface area contributed by atoms with Crippen molar-refractivity contribution in [2.24, 2.45) is 11.7 Å². The number of nitrogens with zero attached hydrogens (tertiary/aromatic N) is 2. The highest BCUT2D eigenvalue weighted by Crippen LogP contribution is 2.04. The molecule has 1 aromatic rings. The van der Waals surface area contributed by atoms with Crippen molar-refractivity contribution in [1.82, 2.24) is 9.97 Å². The fraction of sp³-hybridized carbons (Fsp3) is 0.600. The van der Waals surface area contributed by atoms with E-state index in [0.29, 0.717) is 12.5 Å². The summed E-state index contributed by atoms with van der Waals surface area (Å²) in [7, 11) is 0. The van der Waals surface area contributed by atoms with Gasteiger partial charge in [-0.3, -0.25) is 0 Å². The number of rotatable bonds is 4. The summed E-state index contributed by atoms with van der Waals surface area (Å²) in [6, 6.07) is 1.96. The Morgan fingerprint density at radius 3 is 2.92 bits per heavy atom. The first-order valence-corrected chi connectivity index (χ1v) is 4.77. The molecule has 0 spiro atoms. The first-order valence-electron chi connectivity index (χ1n) is 4.77. The summed E-state index contributed by atoms with van der Waals surface area (Å²) < 4.78 is 0. The minimum absolute atomic E-state index is 0.500. The standard InChI is InChI=1S/C10H17N3/c1-3-10-12-5-4-9(13-10)6-8(2)7-11/h4-5,8H,3,6-7,11H2,1-2H3. The molecular weight excluding hydrogens is 162 g/mol. The Hall–Kier alpha value is -0.960. The van der Waals surface area contributed by atoms with E-state index >= 15 is 0 Å². The average molecular weight is 179 g/mol. The van der Waals surface area contributed by atoms with Crippen LogP contribution in [0.2, 0.25) is 0 Å². The third-order valence-electron chi connectivity index (χ3n) is 2.04. The molecule has 0 bridgehead atoms. The van der Waals surface area contributed by atoms with Crippen LogP contribution in [0, 0.1) is 5.92 Å². The molecule has 3 heteroatoms. The van der Waals surface area contributed by atoms with Gasteiger partial charge in [-0.25, -0.2) is 9.97 Å². The molecule has 0 aliphatic rings. The summed E-state index contributed by atoms with van der Waals surface area (Å²) >= 11 is 0. The van der Waals surface area contributed by atoms with Crippen molar-refractivity contribution >= 4 is 0 Å². The highest BCUT2D eigenvalue weighted by atomic mass is 14.9. The quantitative estimate of drug-likeness (QED) is 0.755. The van der Waals surface area contributed by atoms with Gasteiger partial charge in [-0.05, 0) is 24.9 Å². The van der Waals surface area contributed by atoms with Crippen LogP contribution >= 0.6 is 0 Å². The Balaban J connectivity index is 2.66. The van der Waals surface area contributed by atoms with E-state index < -0.39 is 0 Å². The van der Waals surface area contributed by atoms with Crippen molar-refractivity contribution in [1.29, 1.82) is 0 Å². The lowest BCUT2D eigenvalue weighted by atomic mass is 10.1. The number of nitrogens with two attached hydrogens (primary N) is 1. The van der Waals surface area contributed by atoms with Gasteiger partial charge in [-0.1, -0.05) is 13.8 Å². The Morgan fingerprint density at radius 1 is 1.54 bits per heavy atom. The molecule has 72 valence electrons. The van der Waals surface area contributed by atoms with Crippen LogP contribution in [0.1, 0.15) is 25.4 Å². The number of hydrogen-bond donors (Lipinski definition) is 1. The average Bonchev–Trinajstić information content (AvgIpc) is 2.18. The van der Waals surface area contributed by atoms with Crippen molar-refractivity contribution in [2.75, 3.05) is 6.54 Å². The van der Waals surface area contributed by atoms with Crippen LogP contribution in [0.4, 0.5) is 0 Å². The fourth-order valence-electron chi connectivity index (χ4n) is 1.17. The molecular formula is C10H17N3. The highest BCUT2D eigenvalue weighted by molar-refractivity contribution is 5.03. The zero-order valence-electron chi connectivity index (χ0n) is 8.33. The monoisotopic (exact) mass is 179 g/mol. The normalized spacial score (nSPS) is 12.8. The predicted octanol–water partition coefficient (Wildman–Crippen LogP) is 1.18. The highest BCUT2D eigenvalue weighted by Gasteiger charge is 2.03. The molecule has 0 radical (unpaired) electrons. The first kappa shape index (κ1) is 10.1. The molecule has 3 nitrogen and oxygen atoms in total. The van der Waals surface area contributed by atoms with Gasteiger partial charge in [0.05, 0.1) is 0 Å². The van der Waals surface area contributed by atoms with E-state index in [1.54, 1.807) is 0 Å². The number of hydrogen-bond acceptors (Lipinski definition) is 3. The molecule has 0 saturated heterocycles. The third kappa shape index (κ3) is 3.11. The summed E-state index contributed by atoms with van der Waals surface area (Å²) in [5, 5.41) is 0. The predicted molar refractivity (Wildman–Crippen MR) is 53.3 cm³/mol. The van der Waals surface area contributed by atoms with Crippen molar-refractivity contribution in [3.05, 3.63) is 23.8 Å². The topological polar surface area (TPSA) is 51.8 Å². The third-order valence-corrected chi connectivity index (χ3v) is 2.04. The maximum Gasteiger partial charge on any atom is 0.128 e. The van der Waals surface area contributed by atoms with Gasteiger partial charge in [0, 0.05) is 18.3 Å². The molecule has 0 aromatic carbocycles. The zero-order valence-corrected chi connectivity index (χ0v) is 8.33. The molecule has 0 aliphatic carbocycles. The van der Waals surface area contributed by atoms with E-state index in [1.165, 1.54) is 0 Å². The van der Waals surface area contributed by atoms with E-state index in [2.05, 4.69) is 23.8 Å². The van der Waals surface area contributed by atoms with Crippen LogP contribution in [0.5, 0.6) is 0 Å². The summed E-state index contributed by atoms with van der Waals surface area (Å²) in [5.41, 5.74) is 6.65. The Bertz CT molecular complexity index is 260. The molecule has 1 unspecified atom stereocenters. The molecule has 2 N–H and O–H groups in total. The molecule has 1 heterocycles. The maximum absolute atomic E-state index is 5.55. The second-order valence-electron chi connectivity index (χ2n) is 3.36. The van der Waals surface area contributed by atoms with Gasteiger partial charge in [-0.15, -0.1) is 0 Å². The van der Waals surface area contributed by atoms with Crippen molar-refractivity contribution in [2.45, 2.75) is 26.7 Å². The molecule has 0 saturated carbocycles. The SMILES string of the molecule is CCc1nccc(CC(C)CN)n1. The Kier molecular flexibility index (Phi) is 3.83. The summed E-state index contributed by atoms with van der Waals surface area (Å²) in [5.74, 6) is 1.42. The van der Waals surface area contributed by atoms with Gasteiger partial charge in [0.2, 0.25) is 0 Å². The Labute approximate surface area is 79.4 Å². The summed E-state index contributed by atoms with van der Waals surface area (Å²) in [4.78, 5) is 8.56. The lowest BCUT2D eigenvalue weighted by molar-refractivity contribution is 0.581. The number of aryl methyl sites for hydroxylation is 1. The second kappa shape index (κ2) is 4.92. The summed E-state index contributed by atoms with van der Waals surface area (Å²) in [6.45, 7) is 4.91. The largest absolute Gasteiger partial charge is 0.330 e. The zero-order chi connectivity index (χ0) is 9.68. The van der Waals surface area contributed by atoms with Crippen LogP contribution < -0.4 is 5.73 Å². The second-order valence-corrected chi connectivity index (χ2v) is 3.36.